The summed E-state index contributed by atoms with van der Waals surface area (Å²) >= 11 is 0. The molecule has 21 heavy (non-hydrogen) atoms. The molecule has 0 aromatic heterocycles. The SMILES string of the molecule is COCCN(CCO)CCC(=O)Nc1cccc(N)c1C. The second kappa shape index (κ2) is 9.33. The van der Waals surface area contributed by atoms with Crippen LogP contribution in [0.4, 0.5) is 11.4 Å². The van der Waals surface area contributed by atoms with Gasteiger partial charge in [-0.25, -0.2) is 0 Å². The molecular weight excluding hydrogens is 270 g/mol. The van der Waals surface area contributed by atoms with Crippen LogP contribution in [-0.4, -0.2) is 55.9 Å². The van der Waals surface area contributed by atoms with E-state index >= 15 is 0 Å². The van der Waals surface area contributed by atoms with Gasteiger partial charge in [-0.1, -0.05) is 6.07 Å². The van der Waals surface area contributed by atoms with E-state index in [1.807, 2.05) is 24.0 Å². The molecule has 0 heterocycles. The lowest BCUT2D eigenvalue weighted by molar-refractivity contribution is -0.116. The summed E-state index contributed by atoms with van der Waals surface area (Å²) in [5.74, 6) is -0.0657. The molecule has 0 atom stereocenters. The molecule has 0 saturated carbocycles. The fourth-order valence-electron chi connectivity index (χ4n) is 1.96. The van der Waals surface area contributed by atoms with Crippen LogP contribution in [-0.2, 0) is 9.53 Å². The molecule has 0 spiro atoms. The molecule has 0 aliphatic heterocycles. The number of rotatable bonds is 9. The second-order valence-electron chi connectivity index (χ2n) is 4.88. The Labute approximate surface area is 125 Å². The van der Waals surface area contributed by atoms with E-state index in [2.05, 4.69) is 5.32 Å². The van der Waals surface area contributed by atoms with Crippen molar-refractivity contribution in [2.24, 2.45) is 0 Å². The number of amides is 1. The maximum Gasteiger partial charge on any atom is 0.225 e. The van der Waals surface area contributed by atoms with Crippen molar-refractivity contribution < 1.29 is 14.6 Å². The van der Waals surface area contributed by atoms with Crippen LogP contribution in [0.15, 0.2) is 18.2 Å². The van der Waals surface area contributed by atoms with Gasteiger partial charge in [0.25, 0.3) is 0 Å². The molecule has 4 N–H and O–H groups in total. The topological polar surface area (TPSA) is 87.8 Å². The molecule has 0 saturated heterocycles. The first-order valence-corrected chi connectivity index (χ1v) is 7.05. The van der Waals surface area contributed by atoms with Crippen LogP contribution in [0.3, 0.4) is 0 Å². The number of nitrogens with zero attached hydrogens (tertiary/aromatic N) is 1. The van der Waals surface area contributed by atoms with E-state index in [0.717, 1.165) is 11.3 Å². The summed E-state index contributed by atoms with van der Waals surface area (Å²) in [5, 5.41) is 11.9. The van der Waals surface area contributed by atoms with E-state index in [0.29, 0.717) is 38.3 Å². The molecule has 0 unspecified atom stereocenters. The first-order chi connectivity index (χ1) is 10.1. The third-order valence-corrected chi connectivity index (χ3v) is 3.33. The number of benzene rings is 1. The van der Waals surface area contributed by atoms with Gasteiger partial charge in [0.2, 0.25) is 5.91 Å². The summed E-state index contributed by atoms with van der Waals surface area (Å²) < 4.78 is 5.01. The normalized spacial score (nSPS) is 10.9. The first kappa shape index (κ1) is 17.4. The minimum atomic E-state index is -0.0657. The van der Waals surface area contributed by atoms with Crippen LogP contribution in [0.5, 0.6) is 0 Å². The van der Waals surface area contributed by atoms with Crippen LogP contribution in [0, 0.1) is 6.92 Å². The maximum absolute atomic E-state index is 12.0. The number of hydrogen-bond donors (Lipinski definition) is 3. The Morgan fingerprint density at radius 2 is 2.14 bits per heavy atom. The summed E-state index contributed by atoms with van der Waals surface area (Å²) in [4.78, 5) is 14.0. The molecule has 1 rings (SSSR count). The quantitative estimate of drug-likeness (QED) is 0.588. The number of carbonyl (C=O) groups is 1. The van der Waals surface area contributed by atoms with Gasteiger partial charge >= 0.3 is 0 Å². The number of nitrogens with one attached hydrogen (secondary N) is 1. The summed E-state index contributed by atoms with van der Waals surface area (Å²) in [5.41, 5.74) is 8.09. The molecule has 118 valence electrons. The van der Waals surface area contributed by atoms with Crippen molar-refractivity contribution in [3.63, 3.8) is 0 Å². The van der Waals surface area contributed by atoms with E-state index in [4.69, 9.17) is 15.6 Å². The molecule has 1 aromatic rings. The van der Waals surface area contributed by atoms with Gasteiger partial charge in [0, 0.05) is 44.5 Å². The number of anilines is 2. The first-order valence-electron chi connectivity index (χ1n) is 7.05. The number of carbonyl (C=O) groups excluding carboxylic acids is 1. The number of ether oxygens (including phenoxy) is 1. The van der Waals surface area contributed by atoms with E-state index in [9.17, 15) is 4.79 Å². The Kier molecular flexibility index (Phi) is 7.74. The van der Waals surface area contributed by atoms with Crippen molar-refractivity contribution in [1.29, 1.82) is 0 Å². The van der Waals surface area contributed by atoms with E-state index in [1.165, 1.54) is 0 Å². The van der Waals surface area contributed by atoms with Crippen molar-refractivity contribution in [2.75, 3.05) is 51.0 Å². The van der Waals surface area contributed by atoms with Gasteiger partial charge in [0.15, 0.2) is 0 Å². The predicted octanol–water partition coefficient (Wildman–Crippen LogP) is 0.847. The van der Waals surface area contributed by atoms with Crippen molar-refractivity contribution in [3.05, 3.63) is 23.8 Å². The zero-order valence-corrected chi connectivity index (χ0v) is 12.8. The highest BCUT2D eigenvalue weighted by Gasteiger charge is 2.09. The molecule has 0 fully saturated rings. The lowest BCUT2D eigenvalue weighted by Crippen LogP contribution is -2.33. The van der Waals surface area contributed by atoms with Gasteiger partial charge in [0.05, 0.1) is 13.2 Å². The Morgan fingerprint density at radius 1 is 1.38 bits per heavy atom. The molecular formula is C15H25N3O3. The molecule has 6 nitrogen and oxygen atoms in total. The smallest absolute Gasteiger partial charge is 0.225 e. The van der Waals surface area contributed by atoms with E-state index in [1.54, 1.807) is 13.2 Å². The number of nitrogens with two attached hydrogens (primary N) is 1. The standard InChI is InChI=1S/C15H25N3O3/c1-12-13(16)4-3-5-14(12)17-15(20)6-7-18(8-10-19)9-11-21-2/h3-5,19H,6-11,16H2,1-2H3,(H,17,20). The van der Waals surface area contributed by atoms with Crippen LogP contribution < -0.4 is 11.1 Å². The summed E-state index contributed by atoms with van der Waals surface area (Å²) in [6, 6.07) is 5.45. The monoisotopic (exact) mass is 295 g/mol. The lowest BCUT2D eigenvalue weighted by atomic mass is 10.1. The van der Waals surface area contributed by atoms with Crippen LogP contribution in [0.1, 0.15) is 12.0 Å². The summed E-state index contributed by atoms with van der Waals surface area (Å²) in [6.07, 6.45) is 0.359. The van der Waals surface area contributed by atoms with E-state index < -0.39 is 0 Å². The largest absolute Gasteiger partial charge is 0.398 e. The average molecular weight is 295 g/mol. The van der Waals surface area contributed by atoms with Gasteiger partial charge in [-0.3, -0.25) is 9.69 Å². The molecule has 6 heteroatoms. The Morgan fingerprint density at radius 3 is 2.81 bits per heavy atom. The number of hydrogen-bond acceptors (Lipinski definition) is 5. The third-order valence-electron chi connectivity index (χ3n) is 3.33. The lowest BCUT2D eigenvalue weighted by Gasteiger charge is -2.20. The Hall–Kier alpha value is -1.63. The zero-order chi connectivity index (χ0) is 15.7. The van der Waals surface area contributed by atoms with Gasteiger partial charge in [-0.2, -0.15) is 0 Å². The van der Waals surface area contributed by atoms with Gasteiger partial charge in [-0.05, 0) is 24.6 Å². The third kappa shape index (κ3) is 6.12. The van der Waals surface area contributed by atoms with E-state index in [-0.39, 0.29) is 12.5 Å². The minimum Gasteiger partial charge on any atom is -0.398 e. The van der Waals surface area contributed by atoms with Crippen molar-refractivity contribution in [2.45, 2.75) is 13.3 Å². The second-order valence-corrected chi connectivity index (χ2v) is 4.88. The van der Waals surface area contributed by atoms with Crippen molar-refractivity contribution in [1.82, 2.24) is 4.90 Å². The zero-order valence-electron chi connectivity index (χ0n) is 12.8. The van der Waals surface area contributed by atoms with Gasteiger partial charge in [-0.15, -0.1) is 0 Å². The van der Waals surface area contributed by atoms with Crippen LogP contribution in [0.25, 0.3) is 0 Å². The summed E-state index contributed by atoms with van der Waals surface area (Å²) in [7, 11) is 1.63. The van der Waals surface area contributed by atoms with Gasteiger partial charge in [0.1, 0.15) is 0 Å². The molecule has 1 amide bonds. The fourth-order valence-corrected chi connectivity index (χ4v) is 1.96. The van der Waals surface area contributed by atoms with Crippen LogP contribution >= 0.6 is 0 Å². The average Bonchev–Trinajstić information content (AvgIpc) is 2.47. The molecule has 0 aliphatic rings. The number of nitrogen functional groups attached to an aromatic ring is 1. The van der Waals surface area contributed by atoms with Crippen molar-refractivity contribution in [3.8, 4) is 0 Å². The Bertz CT molecular complexity index is 452. The molecule has 1 aromatic carbocycles. The highest BCUT2D eigenvalue weighted by Crippen LogP contribution is 2.20. The highest BCUT2D eigenvalue weighted by atomic mass is 16.5. The predicted molar refractivity (Wildman–Crippen MR) is 84.2 cm³/mol. The van der Waals surface area contributed by atoms with Crippen LogP contribution in [0.2, 0.25) is 0 Å². The fraction of sp³-hybridized carbons (Fsp3) is 0.533. The highest BCUT2D eigenvalue weighted by molar-refractivity contribution is 5.92. The number of methoxy groups -OCH3 is 1. The molecule has 0 bridgehead atoms. The number of aliphatic hydroxyl groups excluding tert-OH is 1. The molecule has 0 aliphatic carbocycles. The molecule has 0 radical (unpaired) electrons. The number of aliphatic hydroxyl groups is 1. The maximum atomic E-state index is 12.0. The Balaban J connectivity index is 2.47. The minimum absolute atomic E-state index is 0.0657. The van der Waals surface area contributed by atoms with Gasteiger partial charge < -0.3 is 20.9 Å². The van der Waals surface area contributed by atoms with Crippen molar-refractivity contribution >= 4 is 17.3 Å². The summed E-state index contributed by atoms with van der Waals surface area (Å²) in [6.45, 7) is 4.34.